The lowest BCUT2D eigenvalue weighted by molar-refractivity contribution is -0.112. The Bertz CT molecular complexity index is 411. The van der Waals surface area contributed by atoms with Crippen LogP contribution in [0.1, 0.15) is 96.8 Å². The van der Waals surface area contributed by atoms with Crippen LogP contribution in [0.4, 0.5) is 0 Å². The minimum absolute atomic E-state index is 0.155. The van der Waals surface area contributed by atoms with Crippen molar-refractivity contribution in [2.24, 2.45) is 0 Å². The molecule has 3 unspecified atom stereocenters. The SMILES string of the molecule is CCCCCCCC/C=C/CCCCCCCC(=O)[P+](=O)C(O)C(O)CO. The van der Waals surface area contributed by atoms with Gasteiger partial charge in [0.2, 0.25) is 0 Å². The van der Waals surface area contributed by atoms with Crippen LogP contribution < -0.4 is 0 Å². The van der Waals surface area contributed by atoms with E-state index in [1.165, 1.54) is 44.9 Å². The smallest absolute Gasteiger partial charge is 0.393 e. The Balaban J connectivity index is 3.48. The number of carbonyl (C=O) groups is 1. The zero-order chi connectivity index (χ0) is 20.3. The summed E-state index contributed by atoms with van der Waals surface area (Å²) in [5.41, 5.74) is -0.525. The van der Waals surface area contributed by atoms with Crippen LogP contribution in [-0.2, 0) is 9.36 Å². The highest BCUT2D eigenvalue weighted by Crippen LogP contribution is 2.31. The molecule has 0 aromatic carbocycles. The lowest BCUT2D eigenvalue weighted by atomic mass is 10.1. The average molecular weight is 404 g/mol. The quantitative estimate of drug-likeness (QED) is 0.159. The molecule has 0 rings (SSSR count). The van der Waals surface area contributed by atoms with Gasteiger partial charge in [-0.2, -0.15) is 0 Å². The molecule has 0 fully saturated rings. The first-order chi connectivity index (χ1) is 13.0. The van der Waals surface area contributed by atoms with Gasteiger partial charge in [0.25, 0.3) is 5.85 Å². The van der Waals surface area contributed by atoms with Crippen molar-refractivity contribution < 1.29 is 24.7 Å². The van der Waals surface area contributed by atoms with E-state index in [-0.39, 0.29) is 6.42 Å². The van der Waals surface area contributed by atoms with Crippen LogP contribution >= 0.6 is 7.80 Å². The highest BCUT2D eigenvalue weighted by molar-refractivity contribution is 7.64. The summed E-state index contributed by atoms with van der Waals surface area (Å²) in [6.45, 7) is 1.53. The predicted octanol–water partition coefficient (Wildman–Crippen LogP) is 5.05. The monoisotopic (exact) mass is 403 g/mol. The molecule has 0 saturated carbocycles. The molecule has 0 aliphatic heterocycles. The maximum Gasteiger partial charge on any atom is 0.448 e. The Hall–Kier alpha value is -0.610. The van der Waals surface area contributed by atoms with Gasteiger partial charge in [-0.1, -0.05) is 75.0 Å². The van der Waals surface area contributed by atoms with Gasteiger partial charge in [0, 0.05) is 0 Å². The van der Waals surface area contributed by atoms with E-state index in [0.29, 0.717) is 6.42 Å². The van der Waals surface area contributed by atoms with Gasteiger partial charge in [-0.3, -0.25) is 0 Å². The van der Waals surface area contributed by atoms with Crippen molar-refractivity contribution in [3.8, 4) is 0 Å². The third-order valence-corrected chi connectivity index (χ3v) is 6.21. The Morgan fingerprint density at radius 2 is 1.33 bits per heavy atom. The van der Waals surface area contributed by atoms with Gasteiger partial charge >= 0.3 is 13.3 Å². The Labute approximate surface area is 166 Å². The molecule has 0 bridgehead atoms. The number of rotatable bonds is 19. The molecular formula is C21H40O5P+. The lowest BCUT2D eigenvalue weighted by Gasteiger charge is -2.04. The molecule has 158 valence electrons. The molecule has 5 nitrogen and oxygen atoms in total. The van der Waals surface area contributed by atoms with E-state index in [4.69, 9.17) is 5.11 Å². The summed E-state index contributed by atoms with van der Waals surface area (Å²) < 4.78 is 11.7. The van der Waals surface area contributed by atoms with Gasteiger partial charge < -0.3 is 15.3 Å². The van der Waals surface area contributed by atoms with Gasteiger partial charge in [-0.15, -0.1) is 0 Å². The van der Waals surface area contributed by atoms with Crippen molar-refractivity contribution >= 4 is 13.3 Å². The van der Waals surface area contributed by atoms with Crippen LogP contribution in [0.25, 0.3) is 0 Å². The summed E-state index contributed by atoms with van der Waals surface area (Å²) in [5, 5.41) is 27.4. The van der Waals surface area contributed by atoms with Crippen molar-refractivity contribution in [2.45, 2.75) is 109 Å². The number of aliphatic hydroxyl groups is 3. The summed E-state index contributed by atoms with van der Waals surface area (Å²) in [7, 11) is -2.54. The number of hydrogen-bond acceptors (Lipinski definition) is 5. The fraction of sp³-hybridized carbons (Fsp3) is 0.857. The number of unbranched alkanes of at least 4 members (excludes halogenated alkanes) is 11. The molecule has 0 aliphatic rings. The van der Waals surface area contributed by atoms with E-state index in [0.717, 1.165) is 32.1 Å². The van der Waals surface area contributed by atoms with E-state index >= 15 is 0 Å². The van der Waals surface area contributed by atoms with Crippen LogP contribution in [0.2, 0.25) is 0 Å². The summed E-state index contributed by atoms with van der Waals surface area (Å²) in [6, 6.07) is 0. The largest absolute Gasteiger partial charge is 0.448 e. The second-order valence-corrected chi connectivity index (χ2v) is 8.90. The third-order valence-electron chi connectivity index (χ3n) is 4.67. The molecule has 0 heterocycles. The molecule has 0 radical (unpaired) electrons. The molecule has 0 amide bonds. The summed E-state index contributed by atoms with van der Waals surface area (Å²) >= 11 is 0. The average Bonchev–Trinajstić information content (AvgIpc) is 2.68. The van der Waals surface area contributed by atoms with Crippen molar-refractivity contribution in [3.63, 3.8) is 0 Å². The van der Waals surface area contributed by atoms with Gasteiger partial charge in [0.15, 0.2) is 0 Å². The standard InChI is InChI=1S/C21H40O5P/c1-2-3-4-5-6-7-8-9-10-11-12-13-14-15-16-17-20(24)27(26)21(25)19(23)18-22/h9-10,19,21-23,25H,2-8,11-18H2,1H3/q+1/b10-9+. The van der Waals surface area contributed by atoms with Gasteiger partial charge in [-0.25, -0.2) is 4.79 Å². The van der Waals surface area contributed by atoms with Crippen molar-refractivity contribution in [2.75, 3.05) is 6.61 Å². The van der Waals surface area contributed by atoms with E-state index < -0.39 is 31.9 Å². The Kier molecular flexibility index (Phi) is 18.3. The molecule has 6 heteroatoms. The molecular weight excluding hydrogens is 363 g/mol. The normalized spacial score (nSPS) is 14.4. The molecule has 0 aromatic heterocycles. The zero-order valence-corrected chi connectivity index (χ0v) is 17.9. The molecule has 3 N–H and O–H groups in total. The Morgan fingerprint density at radius 1 is 0.852 bits per heavy atom. The minimum atomic E-state index is -2.54. The molecule has 0 aromatic rings. The molecule has 0 saturated heterocycles. The Morgan fingerprint density at radius 3 is 1.85 bits per heavy atom. The molecule has 0 aliphatic carbocycles. The maximum absolute atomic E-state index is 11.7. The van der Waals surface area contributed by atoms with Crippen LogP contribution in [0.15, 0.2) is 12.2 Å². The van der Waals surface area contributed by atoms with Crippen molar-refractivity contribution in [3.05, 3.63) is 12.2 Å². The maximum atomic E-state index is 11.7. The summed E-state index contributed by atoms with van der Waals surface area (Å²) in [5.74, 6) is -1.67. The fourth-order valence-corrected chi connectivity index (χ4v) is 3.94. The molecule has 27 heavy (non-hydrogen) atoms. The van der Waals surface area contributed by atoms with Crippen molar-refractivity contribution in [1.82, 2.24) is 0 Å². The fourth-order valence-electron chi connectivity index (χ4n) is 2.86. The number of aliphatic hydroxyl groups excluding tert-OH is 3. The summed E-state index contributed by atoms with van der Waals surface area (Å²) in [6.07, 6.45) is 18.4. The second kappa shape index (κ2) is 18.7. The molecule has 0 spiro atoms. The predicted molar refractivity (Wildman–Crippen MR) is 111 cm³/mol. The van der Waals surface area contributed by atoms with Crippen LogP contribution in [0.5, 0.6) is 0 Å². The minimum Gasteiger partial charge on any atom is -0.393 e. The zero-order valence-electron chi connectivity index (χ0n) is 17.0. The highest BCUT2D eigenvalue weighted by atomic mass is 31.1. The van der Waals surface area contributed by atoms with E-state index in [2.05, 4.69) is 19.1 Å². The first-order valence-corrected chi connectivity index (χ1v) is 12.0. The van der Waals surface area contributed by atoms with Gasteiger partial charge in [-0.05, 0) is 32.1 Å². The lowest BCUT2D eigenvalue weighted by Crippen LogP contribution is -2.27. The van der Waals surface area contributed by atoms with Crippen LogP contribution in [0, 0.1) is 0 Å². The summed E-state index contributed by atoms with van der Waals surface area (Å²) in [4.78, 5) is 11.7. The second-order valence-electron chi connectivity index (χ2n) is 7.22. The van der Waals surface area contributed by atoms with E-state index in [1.54, 1.807) is 0 Å². The van der Waals surface area contributed by atoms with Gasteiger partial charge in [0.05, 0.1) is 13.0 Å². The number of hydrogen-bond donors (Lipinski definition) is 3. The van der Waals surface area contributed by atoms with Gasteiger partial charge in [0.1, 0.15) is 6.10 Å². The molecule has 3 atom stereocenters. The topological polar surface area (TPSA) is 94.8 Å². The number of carbonyl (C=O) groups excluding carboxylic acids is 1. The third kappa shape index (κ3) is 15.0. The van der Waals surface area contributed by atoms with Crippen LogP contribution in [0.3, 0.4) is 0 Å². The van der Waals surface area contributed by atoms with E-state index in [1.807, 2.05) is 0 Å². The first kappa shape index (κ1) is 26.4. The number of allylic oxidation sites excluding steroid dienone is 2. The first-order valence-electron chi connectivity index (χ1n) is 10.7. The van der Waals surface area contributed by atoms with E-state index in [9.17, 15) is 19.6 Å². The van der Waals surface area contributed by atoms with Crippen molar-refractivity contribution in [1.29, 1.82) is 0 Å². The van der Waals surface area contributed by atoms with Crippen LogP contribution in [-0.4, -0.2) is 39.4 Å². The highest BCUT2D eigenvalue weighted by Gasteiger charge is 2.41.